The average molecular weight is 717 g/mol. The smallest absolute Gasteiger partial charge is 0.197 e. The van der Waals surface area contributed by atoms with Crippen molar-refractivity contribution in [2.45, 2.75) is 65.1 Å². The van der Waals surface area contributed by atoms with Crippen LogP contribution in [0, 0.1) is 0 Å². The van der Waals surface area contributed by atoms with Crippen molar-refractivity contribution in [3.05, 3.63) is 132 Å². The lowest BCUT2D eigenvalue weighted by Crippen LogP contribution is -2.42. The summed E-state index contributed by atoms with van der Waals surface area (Å²) in [6.07, 6.45) is 3.89. The standard InChI is InChI=1S/C22H26N2O3.C22H26N2O2/c1-22(2,3)24-13-15(25)14-27-20-10-5-4-7-18(20)21(26)17-8-6-9-19-16(17)11-12-23-19;1-22(2,3)24-13-7-15-26-20-11-5-4-8-18(20)21(25)17-9-6-10-19-16(17)12-14-23-19/h4-12,15,23-25H,13-14H2,1-3H3;4-6,8-12,14,23-24H,7,13,15H2,1-3H3. The molecule has 2 aromatic heterocycles. The quantitative estimate of drug-likeness (QED) is 0.0570. The fraction of sp³-hybridized carbons (Fsp3) is 0.318. The highest BCUT2D eigenvalue weighted by molar-refractivity contribution is 6.18. The number of ether oxygens (including phenoxy) is 2. The van der Waals surface area contributed by atoms with E-state index in [1.807, 2.05) is 118 Å². The predicted octanol–water partition coefficient (Wildman–Crippen LogP) is 8.08. The van der Waals surface area contributed by atoms with Crippen molar-refractivity contribution in [1.82, 2.24) is 20.6 Å². The number of benzene rings is 4. The molecule has 1 atom stereocenters. The number of aliphatic hydroxyl groups is 1. The number of rotatable bonds is 14. The molecule has 0 amide bonds. The Bertz CT molecular complexity index is 2120. The zero-order valence-corrected chi connectivity index (χ0v) is 31.6. The van der Waals surface area contributed by atoms with Crippen LogP contribution >= 0.6 is 0 Å². The number of carbonyl (C=O) groups excluding carboxylic acids is 2. The van der Waals surface area contributed by atoms with Crippen LogP contribution in [0.1, 0.15) is 79.8 Å². The van der Waals surface area contributed by atoms with Gasteiger partial charge in [0.15, 0.2) is 11.6 Å². The van der Waals surface area contributed by atoms with Gasteiger partial charge < -0.3 is 35.2 Å². The highest BCUT2D eigenvalue weighted by atomic mass is 16.5. The van der Waals surface area contributed by atoms with Gasteiger partial charge in [0.25, 0.3) is 0 Å². The van der Waals surface area contributed by atoms with Crippen molar-refractivity contribution < 1.29 is 24.2 Å². The Kier molecular flexibility index (Phi) is 12.9. The number of aliphatic hydroxyl groups excluding tert-OH is 1. The first-order valence-electron chi connectivity index (χ1n) is 18.1. The van der Waals surface area contributed by atoms with Crippen LogP contribution in [0.3, 0.4) is 0 Å². The van der Waals surface area contributed by atoms with E-state index < -0.39 is 6.10 Å². The van der Waals surface area contributed by atoms with E-state index in [0.717, 1.165) is 34.8 Å². The zero-order valence-electron chi connectivity index (χ0n) is 31.6. The molecule has 2 heterocycles. The molecule has 5 N–H and O–H groups in total. The Balaban J connectivity index is 0.000000204. The van der Waals surface area contributed by atoms with Gasteiger partial charge in [-0.1, -0.05) is 48.5 Å². The lowest BCUT2D eigenvalue weighted by atomic mass is 9.99. The van der Waals surface area contributed by atoms with Crippen LogP contribution in [0.15, 0.2) is 109 Å². The zero-order chi connectivity index (χ0) is 38.0. The maximum Gasteiger partial charge on any atom is 0.197 e. The second-order valence-corrected chi connectivity index (χ2v) is 15.1. The van der Waals surface area contributed by atoms with E-state index in [2.05, 4.69) is 41.4 Å². The number of fused-ring (bicyclic) bond motifs is 2. The topological polar surface area (TPSA) is 128 Å². The molecular weight excluding hydrogens is 665 g/mol. The van der Waals surface area contributed by atoms with Gasteiger partial charge >= 0.3 is 0 Å². The summed E-state index contributed by atoms with van der Waals surface area (Å²) in [7, 11) is 0. The van der Waals surface area contributed by atoms with Gasteiger partial charge in [0.2, 0.25) is 0 Å². The second kappa shape index (κ2) is 17.5. The van der Waals surface area contributed by atoms with Crippen LogP contribution in [0.2, 0.25) is 0 Å². The molecule has 0 fully saturated rings. The van der Waals surface area contributed by atoms with E-state index in [9.17, 15) is 14.7 Å². The van der Waals surface area contributed by atoms with Crippen molar-refractivity contribution in [3.8, 4) is 11.5 Å². The predicted molar refractivity (Wildman–Crippen MR) is 213 cm³/mol. The largest absolute Gasteiger partial charge is 0.493 e. The van der Waals surface area contributed by atoms with Gasteiger partial charge in [-0.25, -0.2) is 0 Å². The Hall–Kier alpha value is -5.22. The van der Waals surface area contributed by atoms with Crippen LogP contribution < -0.4 is 20.1 Å². The molecule has 9 heteroatoms. The van der Waals surface area contributed by atoms with Crippen molar-refractivity contribution >= 4 is 33.4 Å². The lowest BCUT2D eigenvalue weighted by molar-refractivity contribution is 0.0960. The van der Waals surface area contributed by atoms with Gasteiger partial charge in [-0.3, -0.25) is 9.59 Å². The number of nitrogens with one attached hydrogen (secondary N) is 4. The number of hydrogen-bond acceptors (Lipinski definition) is 7. The normalized spacial score (nSPS) is 12.3. The van der Waals surface area contributed by atoms with Crippen LogP contribution in [0.5, 0.6) is 11.5 Å². The molecule has 0 aliphatic rings. The summed E-state index contributed by atoms with van der Waals surface area (Å²) in [5, 5.41) is 18.6. The van der Waals surface area contributed by atoms with Gasteiger partial charge in [0.1, 0.15) is 24.2 Å². The molecule has 0 bridgehead atoms. The van der Waals surface area contributed by atoms with E-state index in [-0.39, 0.29) is 29.3 Å². The van der Waals surface area contributed by atoms with Gasteiger partial charge in [-0.2, -0.15) is 0 Å². The minimum absolute atomic E-state index is 0.0152. The van der Waals surface area contributed by atoms with E-state index in [1.165, 1.54) is 0 Å². The first-order chi connectivity index (χ1) is 25.3. The molecule has 4 aromatic carbocycles. The molecule has 0 spiro atoms. The minimum Gasteiger partial charge on any atom is -0.493 e. The number of carbonyl (C=O) groups is 2. The minimum atomic E-state index is -0.666. The number of β-amino-alcohol motifs (C(OH)–C–C–N with tert-alkyl or cyclic N) is 1. The van der Waals surface area contributed by atoms with Crippen molar-refractivity contribution in [2.75, 3.05) is 26.3 Å². The maximum atomic E-state index is 13.1. The average Bonchev–Trinajstić information content (AvgIpc) is 3.82. The third-order valence-corrected chi connectivity index (χ3v) is 8.48. The number of ketones is 2. The molecule has 0 aliphatic carbocycles. The molecule has 0 radical (unpaired) electrons. The molecule has 0 saturated carbocycles. The fourth-order valence-electron chi connectivity index (χ4n) is 5.80. The molecule has 0 saturated heterocycles. The van der Waals surface area contributed by atoms with E-state index in [1.54, 1.807) is 12.1 Å². The van der Waals surface area contributed by atoms with Gasteiger partial charge in [-0.15, -0.1) is 0 Å². The Labute approximate surface area is 312 Å². The van der Waals surface area contributed by atoms with E-state index in [4.69, 9.17) is 9.47 Å². The Morgan fingerprint density at radius 3 is 1.60 bits per heavy atom. The number of aromatic amines is 2. The lowest BCUT2D eigenvalue weighted by Gasteiger charge is -2.23. The monoisotopic (exact) mass is 716 g/mol. The molecule has 278 valence electrons. The van der Waals surface area contributed by atoms with Crippen LogP contribution in [0.25, 0.3) is 21.8 Å². The summed E-state index contributed by atoms with van der Waals surface area (Å²) in [6, 6.07) is 29.8. The molecule has 53 heavy (non-hydrogen) atoms. The van der Waals surface area contributed by atoms with Crippen LogP contribution in [-0.2, 0) is 0 Å². The molecular formula is C44H52N4O5. The SMILES string of the molecule is CC(C)(C)NCC(O)COc1ccccc1C(=O)c1cccc2[nH]ccc12.CC(C)(C)NCCCOc1ccccc1C(=O)c1cccc2[nH]ccc12. The molecule has 9 nitrogen and oxygen atoms in total. The Morgan fingerprint density at radius 2 is 1.09 bits per heavy atom. The maximum absolute atomic E-state index is 13.1. The van der Waals surface area contributed by atoms with Gasteiger partial charge in [0.05, 0.1) is 17.7 Å². The first kappa shape index (κ1) is 39.0. The number of hydrogen-bond donors (Lipinski definition) is 5. The van der Waals surface area contributed by atoms with Gasteiger partial charge in [-0.05, 0) is 103 Å². The summed E-state index contributed by atoms with van der Waals surface area (Å²) >= 11 is 0. The van der Waals surface area contributed by atoms with Gasteiger partial charge in [0, 0.05) is 62.9 Å². The number of para-hydroxylation sites is 2. The summed E-state index contributed by atoms with van der Waals surface area (Å²) in [5.41, 5.74) is 4.30. The molecule has 6 aromatic rings. The number of H-pyrrole nitrogens is 2. The second-order valence-electron chi connectivity index (χ2n) is 15.1. The Morgan fingerprint density at radius 1 is 0.623 bits per heavy atom. The van der Waals surface area contributed by atoms with Crippen molar-refractivity contribution in [2.24, 2.45) is 0 Å². The highest BCUT2D eigenvalue weighted by Crippen LogP contribution is 2.27. The third kappa shape index (κ3) is 10.9. The molecule has 6 rings (SSSR count). The summed E-state index contributed by atoms with van der Waals surface area (Å²) in [6.45, 7) is 14.5. The summed E-state index contributed by atoms with van der Waals surface area (Å²) in [5.74, 6) is 1.00. The van der Waals surface area contributed by atoms with Crippen molar-refractivity contribution in [1.29, 1.82) is 0 Å². The summed E-state index contributed by atoms with van der Waals surface area (Å²) in [4.78, 5) is 32.5. The molecule has 0 aliphatic heterocycles. The van der Waals surface area contributed by atoms with E-state index in [0.29, 0.717) is 46.9 Å². The first-order valence-corrected chi connectivity index (χ1v) is 18.1. The van der Waals surface area contributed by atoms with Crippen LogP contribution in [-0.4, -0.2) is 70.1 Å². The number of aromatic nitrogens is 2. The van der Waals surface area contributed by atoms with E-state index >= 15 is 0 Å². The van der Waals surface area contributed by atoms with Crippen LogP contribution in [0.4, 0.5) is 0 Å². The molecule has 1 unspecified atom stereocenters. The summed E-state index contributed by atoms with van der Waals surface area (Å²) < 4.78 is 11.7. The van der Waals surface area contributed by atoms with Crippen molar-refractivity contribution in [3.63, 3.8) is 0 Å². The fourth-order valence-corrected chi connectivity index (χ4v) is 5.80. The third-order valence-electron chi connectivity index (χ3n) is 8.48. The highest BCUT2D eigenvalue weighted by Gasteiger charge is 2.20.